The van der Waals surface area contributed by atoms with Crippen LogP contribution in [-0.4, -0.2) is 33.4 Å². The Hall–Kier alpha value is -1.33. The molecule has 0 saturated heterocycles. The average molecular weight is 240 g/mol. The lowest BCUT2D eigenvalue weighted by atomic mass is 10.3. The molecule has 0 spiro atoms. The molecule has 0 fully saturated rings. The number of hydrogen-bond donors (Lipinski definition) is 1. The second kappa shape index (κ2) is 5.14. The molecule has 0 bridgehead atoms. The van der Waals surface area contributed by atoms with Crippen LogP contribution in [-0.2, 0) is 10.0 Å². The Morgan fingerprint density at radius 3 is 2.31 bits per heavy atom. The molecule has 4 nitrogen and oxygen atoms in total. The van der Waals surface area contributed by atoms with E-state index >= 15 is 0 Å². The van der Waals surface area contributed by atoms with Crippen LogP contribution in [0, 0.1) is 0 Å². The minimum absolute atomic E-state index is 0.293. The van der Waals surface area contributed by atoms with E-state index in [2.05, 4.69) is 11.9 Å². The van der Waals surface area contributed by atoms with Gasteiger partial charge in [0.2, 0.25) is 10.0 Å². The van der Waals surface area contributed by atoms with Crippen LogP contribution in [0.2, 0.25) is 0 Å². The average Bonchev–Trinajstić information content (AvgIpc) is 2.26. The van der Waals surface area contributed by atoms with Crippen LogP contribution in [0.3, 0.4) is 0 Å². The molecular weight excluding hydrogens is 224 g/mol. The van der Waals surface area contributed by atoms with Gasteiger partial charge in [0, 0.05) is 26.3 Å². The van der Waals surface area contributed by atoms with E-state index in [0.717, 1.165) is 5.69 Å². The molecule has 1 aromatic rings. The van der Waals surface area contributed by atoms with E-state index in [4.69, 9.17) is 0 Å². The maximum Gasteiger partial charge on any atom is 0.242 e. The molecule has 0 radical (unpaired) electrons. The summed E-state index contributed by atoms with van der Waals surface area (Å²) in [4.78, 5) is 0.293. The van der Waals surface area contributed by atoms with Crippen molar-refractivity contribution in [1.82, 2.24) is 4.31 Å². The van der Waals surface area contributed by atoms with Gasteiger partial charge in [-0.15, -0.1) is 6.58 Å². The topological polar surface area (TPSA) is 49.4 Å². The van der Waals surface area contributed by atoms with E-state index in [9.17, 15) is 8.42 Å². The van der Waals surface area contributed by atoms with Crippen molar-refractivity contribution in [3.8, 4) is 0 Å². The number of anilines is 1. The van der Waals surface area contributed by atoms with Gasteiger partial charge in [-0.05, 0) is 24.3 Å². The summed E-state index contributed by atoms with van der Waals surface area (Å²) in [5.41, 5.74) is 0.873. The van der Waals surface area contributed by atoms with Crippen molar-refractivity contribution in [2.24, 2.45) is 0 Å². The largest absolute Gasteiger partial charge is 0.382 e. The van der Waals surface area contributed by atoms with Gasteiger partial charge in [-0.25, -0.2) is 12.7 Å². The molecule has 5 heteroatoms. The molecule has 88 valence electrons. The molecule has 0 aliphatic heterocycles. The van der Waals surface area contributed by atoms with Crippen molar-refractivity contribution in [3.63, 3.8) is 0 Å². The van der Waals surface area contributed by atoms with Crippen LogP contribution in [0.4, 0.5) is 5.69 Å². The van der Waals surface area contributed by atoms with Gasteiger partial charge in [0.1, 0.15) is 0 Å². The highest BCUT2D eigenvalue weighted by Gasteiger charge is 2.16. The molecule has 0 amide bonds. The Bertz CT molecular complexity index is 449. The molecule has 1 rings (SSSR count). The first kappa shape index (κ1) is 12.7. The van der Waals surface area contributed by atoms with E-state index < -0.39 is 10.0 Å². The fraction of sp³-hybridized carbons (Fsp3) is 0.273. The number of hydrogen-bond acceptors (Lipinski definition) is 3. The normalized spacial score (nSPS) is 11.4. The Kier molecular flexibility index (Phi) is 4.09. The minimum Gasteiger partial charge on any atom is -0.382 e. The van der Waals surface area contributed by atoms with Gasteiger partial charge < -0.3 is 5.32 Å². The summed E-state index contributed by atoms with van der Waals surface area (Å²) in [5.74, 6) is 0. The fourth-order valence-corrected chi connectivity index (χ4v) is 2.05. The fourth-order valence-electron chi connectivity index (χ4n) is 1.15. The maximum absolute atomic E-state index is 11.7. The third-order valence-electron chi connectivity index (χ3n) is 2.08. The van der Waals surface area contributed by atoms with Gasteiger partial charge in [0.05, 0.1) is 4.90 Å². The summed E-state index contributed by atoms with van der Waals surface area (Å²) in [6, 6.07) is 6.64. The molecule has 0 unspecified atom stereocenters. The third-order valence-corrected chi connectivity index (χ3v) is 3.91. The molecular formula is C11H16N2O2S. The van der Waals surface area contributed by atoms with Gasteiger partial charge in [-0.3, -0.25) is 0 Å². The molecule has 0 heterocycles. The summed E-state index contributed by atoms with van der Waals surface area (Å²) in [6.07, 6.45) is 1.74. The minimum atomic E-state index is -3.33. The molecule has 0 aliphatic rings. The number of sulfonamides is 1. The zero-order valence-electron chi connectivity index (χ0n) is 9.47. The molecule has 0 saturated carbocycles. The predicted molar refractivity (Wildman–Crippen MR) is 66.0 cm³/mol. The van der Waals surface area contributed by atoms with E-state index in [1.807, 2.05) is 0 Å². The molecule has 0 atom stereocenters. The lowest BCUT2D eigenvalue weighted by Gasteiger charge is -2.11. The standard InChI is InChI=1S/C11H16N2O2S/c1-4-9-12-10-5-7-11(8-6-10)16(14,15)13(2)3/h4-8,12H,1,9H2,2-3H3. The molecule has 0 aromatic heterocycles. The summed E-state index contributed by atoms with van der Waals surface area (Å²) in [6.45, 7) is 4.24. The van der Waals surface area contributed by atoms with Crippen molar-refractivity contribution in [2.75, 3.05) is 26.0 Å². The Balaban J connectivity index is 2.91. The Morgan fingerprint density at radius 1 is 1.31 bits per heavy atom. The van der Waals surface area contributed by atoms with Gasteiger partial charge in [0.15, 0.2) is 0 Å². The third kappa shape index (κ3) is 2.84. The van der Waals surface area contributed by atoms with Crippen molar-refractivity contribution >= 4 is 15.7 Å². The SMILES string of the molecule is C=CCNc1ccc(S(=O)(=O)N(C)C)cc1. The second-order valence-corrected chi connectivity index (χ2v) is 5.63. The summed E-state index contributed by atoms with van der Waals surface area (Å²) >= 11 is 0. The molecule has 1 aromatic carbocycles. The smallest absolute Gasteiger partial charge is 0.242 e. The summed E-state index contributed by atoms with van der Waals surface area (Å²) in [5, 5.41) is 3.08. The van der Waals surface area contributed by atoms with E-state index in [1.54, 1.807) is 30.3 Å². The predicted octanol–water partition coefficient (Wildman–Crippen LogP) is 1.53. The van der Waals surface area contributed by atoms with Gasteiger partial charge >= 0.3 is 0 Å². The van der Waals surface area contributed by atoms with Crippen LogP contribution >= 0.6 is 0 Å². The van der Waals surface area contributed by atoms with Crippen LogP contribution in [0.5, 0.6) is 0 Å². The van der Waals surface area contributed by atoms with Crippen molar-refractivity contribution in [3.05, 3.63) is 36.9 Å². The van der Waals surface area contributed by atoms with Crippen molar-refractivity contribution < 1.29 is 8.42 Å². The number of nitrogens with zero attached hydrogens (tertiary/aromatic N) is 1. The number of nitrogens with one attached hydrogen (secondary N) is 1. The van der Waals surface area contributed by atoms with Gasteiger partial charge in [-0.1, -0.05) is 6.08 Å². The van der Waals surface area contributed by atoms with Crippen LogP contribution < -0.4 is 5.32 Å². The lowest BCUT2D eigenvalue weighted by Crippen LogP contribution is -2.22. The van der Waals surface area contributed by atoms with Crippen LogP contribution in [0.15, 0.2) is 41.8 Å². The highest BCUT2D eigenvalue weighted by Crippen LogP contribution is 2.16. The Morgan fingerprint density at radius 2 is 1.88 bits per heavy atom. The van der Waals surface area contributed by atoms with Crippen molar-refractivity contribution in [2.45, 2.75) is 4.90 Å². The molecule has 0 aliphatic carbocycles. The van der Waals surface area contributed by atoms with Crippen LogP contribution in [0.1, 0.15) is 0 Å². The second-order valence-electron chi connectivity index (χ2n) is 3.48. The first-order valence-electron chi connectivity index (χ1n) is 4.86. The van der Waals surface area contributed by atoms with E-state index in [1.165, 1.54) is 18.4 Å². The lowest BCUT2D eigenvalue weighted by molar-refractivity contribution is 0.521. The Labute approximate surface area is 96.6 Å². The quantitative estimate of drug-likeness (QED) is 0.794. The highest BCUT2D eigenvalue weighted by atomic mass is 32.2. The monoisotopic (exact) mass is 240 g/mol. The van der Waals surface area contributed by atoms with E-state index in [-0.39, 0.29) is 0 Å². The maximum atomic E-state index is 11.7. The summed E-state index contributed by atoms with van der Waals surface area (Å²) in [7, 11) is -0.303. The van der Waals surface area contributed by atoms with Gasteiger partial charge in [-0.2, -0.15) is 0 Å². The number of rotatable bonds is 5. The highest BCUT2D eigenvalue weighted by molar-refractivity contribution is 7.89. The molecule has 1 N–H and O–H groups in total. The first-order valence-corrected chi connectivity index (χ1v) is 6.30. The zero-order valence-corrected chi connectivity index (χ0v) is 10.3. The van der Waals surface area contributed by atoms with Crippen LogP contribution in [0.25, 0.3) is 0 Å². The molecule has 16 heavy (non-hydrogen) atoms. The first-order chi connectivity index (χ1) is 7.48. The van der Waals surface area contributed by atoms with E-state index in [0.29, 0.717) is 11.4 Å². The zero-order chi connectivity index (χ0) is 12.2. The summed E-state index contributed by atoms with van der Waals surface area (Å²) < 4.78 is 24.7. The van der Waals surface area contributed by atoms with Gasteiger partial charge in [0.25, 0.3) is 0 Å². The van der Waals surface area contributed by atoms with Crippen molar-refractivity contribution in [1.29, 1.82) is 0 Å². The number of benzene rings is 1.